The zero-order chi connectivity index (χ0) is 12.4. The summed E-state index contributed by atoms with van der Waals surface area (Å²) in [5.74, 6) is -1.05. The predicted molar refractivity (Wildman–Crippen MR) is 64.6 cm³/mol. The highest BCUT2D eigenvalue weighted by Gasteiger charge is 2.20. The molecule has 2 rings (SSSR count). The van der Waals surface area contributed by atoms with Gasteiger partial charge in [-0.3, -0.25) is 4.90 Å². The average molecular weight is 306 g/mol. The maximum absolute atomic E-state index is 13.7. The molecule has 17 heavy (non-hydrogen) atoms. The van der Waals surface area contributed by atoms with Gasteiger partial charge in [-0.15, -0.1) is 0 Å². The van der Waals surface area contributed by atoms with E-state index < -0.39 is 11.6 Å². The van der Waals surface area contributed by atoms with Crippen molar-refractivity contribution in [2.45, 2.75) is 25.5 Å². The Labute approximate surface area is 107 Å². The van der Waals surface area contributed by atoms with Crippen molar-refractivity contribution >= 4 is 15.9 Å². The molecule has 1 aliphatic heterocycles. The zero-order valence-corrected chi connectivity index (χ0v) is 10.9. The standard InChI is InChI=1S/C12H14BrF2NO/c13-10-1-2-11(14)9(12(10)15)7-16-5-3-8(17)4-6-16/h1-2,8,17H,3-7H2. The van der Waals surface area contributed by atoms with Crippen LogP contribution >= 0.6 is 15.9 Å². The minimum Gasteiger partial charge on any atom is -0.393 e. The molecular formula is C12H14BrF2NO. The van der Waals surface area contributed by atoms with Gasteiger partial charge in [-0.1, -0.05) is 0 Å². The lowest BCUT2D eigenvalue weighted by molar-refractivity contribution is 0.0782. The summed E-state index contributed by atoms with van der Waals surface area (Å²) >= 11 is 3.05. The van der Waals surface area contributed by atoms with Crippen LogP contribution in [-0.2, 0) is 6.54 Å². The molecule has 1 saturated heterocycles. The second kappa shape index (κ2) is 5.42. The Balaban J connectivity index is 2.11. The molecule has 0 atom stereocenters. The largest absolute Gasteiger partial charge is 0.393 e. The Kier molecular flexibility index (Phi) is 4.12. The number of nitrogens with zero attached hydrogens (tertiary/aromatic N) is 1. The molecule has 0 bridgehead atoms. The second-order valence-corrected chi connectivity index (χ2v) is 5.18. The molecule has 2 nitrogen and oxygen atoms in total. The normalized spacial score (nSPS) is 18.6. The minimum absolute atomic E-state index is 0.0933. The van der Waals surface area contributed by atoms with Crippen LogP contribution in [0.1, 0.15) is 18.4 Å². The monoisotopic (exact) mass is 305 g/mol. The van der Waals surface area contributed by atoms with Crippen LogP contribution in [-0.4, -0.2) is 29.2 Å². The molecule has 5 heteroatoms. The Bertz CT molecular complexity index is 406. The van der Waals surface area contributed by atoms with Crippen LogP contribution in [0.15, 0.2) is 16.6 Å². The van der Waals surface area contributed by atoms with Crippen LogP contribution < -0.4 is 0 Å². The van der Waals surface area contributed by atoms with Gasteiger partial charge in [0.2, 0.25) is 0 Å². The molecule has 0 aliphatic carbocycles. The average Bonchev–Trinajstić information content (AvgIpc) is 2.32. The highest BCUT2D eigenvalue weighted by molar-refractivity contribution is 9.10. The summed E-state index contributed by atoms with van der Waals surface area (Å²) in [6.45, 7) is 1.60. The molecule has 94 valence electrons. The lowest BCUT2D eigenvalue weighted by Gasteiger charge is -2.29. The van der Waals surface area contributed by atoms with Crippen molar-refractivity contribution in [1.82, 2.24) is 4.90 Å². The van der Waals surface area contributed by atoms with Crippen molar-refractivity contribution in [3.63, 3.8) is 0 Å². The van der Waals surface area contributed by atoms with E-state index in [2.05, 4.69) is 15.9 Å². The first-order chi connectivity index (χ1) is 8.08. The van der Waals surface area contributed by atoms with Crippen molar-refractivity contribution in [3.8, 4) is 0 Å². The number of piperidine rings is 1. The Hall–Kier alpha value is -0.520. The molecule has 1 fully saturated rings. The summed E-state index contributed by atoms with van der Waals surface area (Å²) in [4.78, 5) is 1.96. The molecule has 1 heterocycles. The summed E-state index contributed by atoms with van der Waals surface area (Å²) in [5, 5.41) is 9.36. The quantitative estimate of drug-likeness (QED) is 0.849. The molecular weight excluding hydrogens is 292 g/mol. The molecule has 1 N–H and O–H groups in total. The molecule has 0 radical (unpaired) electrons. The lowest BCUT2D eigenvalue weighted by Crippen LogP contribution is -2.35. The van der Waals surface area contributed by atoms with E-state index >= 15 is 0 Å². The van der Waals surface area contributed by atoms with Crippen LogP contribution in [0.3, 0.4) is 0 Å². The number of aliphatic hydroxyl groups is 1. The van der Waals surface area contributed by atoms with Crippen LogP contribution in [0.5, 0.6) is 0 Å². The van der Waals surface area contributed by atoms with E-state index in [1.54, 1.807) is 0 Å². The summed E-state index contributed by atoms with van der Waals surface area (Å²) in [5.41, 5.74) is 0.0933. The fraction of sp³-hybridized carbons (Fsp3) is 0.500. The van der Waals surface area contributed by atoms with Crippen molar-refractivity contribution in [3.05, 3.63) is 33.8 Å². The Morgan fingerprint density at radius 2 is 1.94 bits per heavy atom. The summed E-state index contributed by atoms with van der Waals surface area (Å²) in [6, 6.07) is 2.63. The van der Waals surface area contributed by atoms with E-state index in [0.717, 1.165) is 0 Å². The molecule has 0 unspecified atom stereocenters. The molecule has 1 aromatic rings. The van der Waals surface area contributed by atoms with E-state index in [1.165, 1.54) is 12.1 Å². The van der Waals surface area contributed by atoms with E-state index in [4.69, 9.17) is 0 Å². The first-order valence-corrected chi connectivity index (χ1v) is 6.40. The molecule has 0 aromatic heterocycles. The fourth-order valence-electron chi connectivity index (χ4n) is 2.02. The fourth-order valence-corrected chi connectivity index (χ4v) is 2.39. The van der Waals surface area contributed by atoms with E-state index in [1.807, 2.05) is 4.90 Å². The second-order valence-electron chi connectivity index (χ2n) is 4.33. The Morgan fingerprint density at radius 1 is 1.29 bits per heavy atom. The molecule has 0 spiro atoms. The van der Waals surface area contributed by atoms with Crippen LogP contribution in [0, 0.1) is 11.6 Å². The van der Waals surface area contributed by atoms with Crippen molar-refractivity contribution in [1.29, 1.82) is 0 Å². The van der Waals surface area contributed by atoms with Gasteiger partial charge in [0.1, 0.15) is 11.6 Å². The van der Waals surface area contributed by atoms with Crippen molar-refractivity contribution in [2.24, 2.45) is 0 Å². The van der Waals surface area contributed by atoms with Gasteiger partial charge in [-0.05, 0) is 40.9 Å². The zero-order valence-electron chi connectivity index (χ0n) is 9.30. The molecule has 1 aromatic carbocycles. The smallest absolute Gasteiger partial charge is 0.144 e. The first-order valence-electron chi connectivity index (χ1n) is 5.60. The van der Waals surface area contributed by atoms with E-state index in [-0.39, 0.29) is 22.7 Å². The summed E-state index contributed by atoms with van der Waals surface area (Å²) in [6.07, 6.45) is 1.05. The van der Waals surface area contributed by atoms with Gasteiger partial charge in [-0.2, -0.15) is 0 Å². The number of rotatable bonds is 2. The van der Waals surface area contributed by atoms with Crippen LogP contribution in [0.4, 0.5) is 8.78 Å². The number of hydrogen-bond acceptors (Lipinski definition) is 2. The minimum atomic E-state index is -0.531. The molecule has 1 aliphatic rings. The lowest BCUT2D eigenvalue weighted by atomic mass is 10.1. The van der Waals surface area contributed by atoms with Gasteiger partial charge in [0.15, 0.2) is 0 Å². The van der Waals surface area contributed by atoms with Gasteiger partial charge in [0, 0.05) is 25.2 Å². The summed E-state index contributed by atoms with van der Waals surface area (Å²) in [7, 11) is 0. The van der Waals surface area contributed by atoms with Crippen molar-refractivity contribution < 1.29 is 13.9 Å². The van der Waals surface area contributed by atoms with Gasteiger partial charge in [0.05, 0.1) is 10.6 Å². The topological polar surface area (TPSA) is 23.5 Å². The number of aliphatic hydroxyl groups excluding tert-OH is 1. The SMILES string of the molecule is OC1CCN(Cc2c(F)ccc(Br)c2F)CC1. The van der Waals surface area contributed by atoms with E-state index in [9.17, 15) is 13.9 Å². The number of halogens is 3. The van der Waals surface area contributed by atoms with Gasteiger partial charge in [0.25, 0.3) is 0 Å². The maximum Gasteiger partial charge on any atom is 0.144 e. The third-order valence-electron chi connectivity index (χ3n) is 3.08. The summed E-state index contributed by atoms with van der Waals surface area (Å²) < 4.78 is 27.5. The number of likely N-dealkylation sites (tertiary alicyclic amines) is 1. The molecule has 0 saturated carbocycles. The number of hydrogen-bond donors (Lipinski definition) is 1. The maximum atomic E-state index is 13.7. The van der Waals surface area contributed by atoms with Gasteiger partial charge >= 0.3 is 0 Å². The first kappa shape index (κ1) is 12.9. The van der Waals surface area contributed by atoms with E-state index in [0.29, 0.717) is 25.9 Å². The van der Waals surface area contributed by atoms with Gasteiger partial charge in [-0.25, -0.2) is 8.78 Å². The van der Waals surface area contributed by atoms with Gasteiger partial charge < -0.3 is 5.11 Å². The van der Waals surface area contributed by atoms with Crippen molar-refractivity contribution in [2.75, 3.05) is 13.1 Å². The third-order valence-corrected chi connectivity index (χ3v) is 3.69. The van der Waals surface area contributed by atoms with Crippen LogP contribution in [0.25, 0.3) is 0 Å². The third kappa shape index (κ3) is 3.03. The number of benzene rings is 1. The predicted octanol–water partition coefficient (Wildman–Crippen LogP) is 2.68. The Morgan fingerprint density at radius 3 is 2.59 bits per heavy atom. The highest BCUT2D eigenvalue weighted by Crippen LogP contribution is 2.24. The molecule has 0 amide bonds. The highest BCUT2D eigenvalue weighted by atomic mass is 79.9. The van der Waals surface area contributed by atoms with Crippen LogP contribution in [0.2, 0.25) is 0 Å².